The maximum atomic E-state index is 5.37. The second-order valence-corrected chi connectivity index (χ2v) is 5.37. The summed E-state index contributed by atoms with van der Waals surface area (Å²) in [5, 5.41) is 7.83. The normalized spacial score (nSPS) is 17.2. The van der Waals surface area contributed by atoms with Crippen LogP contribution in [-0.4, -0.2) is 33.9 Å². The first kappa shape index (κ1) is 12.4. The van der Waals surface area contributed by atoms with E-state index in [0.717, 1.165) is 37.5 Å². The molecular weight excluding hydrogens is 240 g/mol. The zero-order chi connectivity index (χ0) is 13.2. The third-order valence-corrected chi connectivity index (χ3v) is 3.59. The molecule has 0 aliphatic carbocycles. The lowest BCUT2D eigenvalue weighted by molar-refractivity contribution is 0.0904. The Bertz CT molecular complexity index is 558. The molecule has 5 nitrogen and oxygen atoms in total. The van der Waals surface area contributed by atoms with Crippen LogP contribution in [0, 0.1) is 0 Å². The molecule has 0 saturated carbocycles. The van der Waals surface area contributed by atoms with Crippen LogP contribution in [0.5, 0.6) is 0 Å². The Hall–Kier alpha value is -1.62. The zero-order valence-corrected chi connectivity index (χ0v) is 11.5. The number of hydrogen-bond acceptors (Lipinski definition) is 4. The Morgan fingerprint density at radius 3 is 2.89 bits per heavy atom. The maximum absolute atomic E-state index is 5.37. The molecule has 1 aliphatic heterocycles. The van der Waals surface area contributed by atoms with E-state index < -0.39 is 0 Å². The molecule has 1 aliphatic rings. The first-order valence-corrected chi connectivity index (χ1v) is 6.92. The van der Waals surface area contributed by atoms with Crippen molar-refractivity contribution in [2.24, 2.45) is 0 Å². The van der Waals surface area contributed by atoms with Crippen molar-refractivity contribution in [3.8, 4) is 0 Å². The van der Waals surface area contributed by atoms with Gasteiger partial charge in [-0.15, -0.1) is 0 Å². The molecule has 0 radical (unpaired) electrons. The van der Waals surface area contributed by atoms with Crippen LogP contribution in [0.3, 0.4) is 0 Å². The topological polar surface area (TPSA) is 51.5 Å². The Morgan fingerprint density at radius 2 is 2.16 bits per heavy atom. The fourth-order valence-electron chi connectivity index (χ4n) is 2.43. The van der Waals surface area contributed by atoms with Gasteiger partial charge in [0.2, 0.25) is 0 Å². The molecule has 0 unspecified atom stereocenters. The standard InChI is InChI=1S/C14H20N4O/c1-10(2)12-9-15-18-6-3-13(17-14(12)18)16-11-4-7-19-8-5-11/h3,6,9-11H,4-5,7-8H2,1-2H3,(H,16,17). The van der Waals surface area contributed by atoms with Crippen LogP contribution in [0.25, 0.3) is 5.65 Å². The maximum Gasteiger partial charge on any atom is 0.160 e. The molecule has 0 atom stereocenters. The van der Waals surface area contributed by atoms with Crippen molar-refractivity contribution in [1.82, 2.24) is 14.6 Å². The summed E-state index contributed by atoms with van der Waals surface area (Å²) in [4.78, 5) is 4.70. The number of fused-ring (bicyclic) bond motifs is 1. The molecule has 102 valence electrons. The Morgan fingerprint density at radius 1 is 1.37 bits per heavy atom. The van der Waals surface area contributed by atoms with Crippen LogP contribution < -0.4 is 5.32 Å². The molecule has 3 heterocycles. The highest BCUT2D eigenvalue weighted by atomic mass is 16.5. The Balaban J connectivity index is 1.85. The van der Waals surface area contributed by atoms with Gasteiger partial charge in [0.05, 0.1) is 6.20 Å². The van der Waals surface area contributed by atoms with Crippen LogP contribution >= 0.6 is 0 Å². The minimum atomic E-state index is 0.434. The number of nitrogens with zero attached hydrogens (tertiary/aromatic N) is 3. The molecule has 2 aromatic heterocycles. The van der Waals surface area contributed by atoms with Crippen LogP contribution in [0.4, 0.5) is 5.82 Å². The average Bonchev–Trinajstić information content (AvgIpc) is 2.83. The first-order chi connectivity index (χ1) is 9.24. The number of anilines is 1. The van der Waals surface area contributed by atoms with Gasteiger partial charge >= 0.3 is 0 Å². The van der Waals surface area contributed by atoms with Gasteiger partial charge in [0.1, 0.15) is 5.82 Å². The lowest BCUT2D eigenvalue weighted by atomic mass is 10.1. The van der Waals surface area contributed by atoms with Crippen molar-refractivity contribution < 1.29 is 4.74 Å². The molecule has 0 spiro atoms. The van der Waals surface area contributed by atoms with Crippen molar-refractivity contribution >= 4 is 11.5 Å². The smallest absolute Gasteiger partial charge is 0.160 e. The predicted molar refractivity (Wildman–Crippen MR) is 74.5 cm³/mol. The van der Waals surface area contributed by atoms with Crippen molar-refractivity contribution in [3.05, 3.63) is 24.0 Å². The SMILES string of the molecule is CC(C)c1cnn2ccc(NC3CCOCC3)nc12. The zero-order valence-electron chi connectivity index (χ0n) is 11.5. The quantitative estimate of drug-likeness (QED) is 0.921. The third-order valence-electron chi connectivity index (χ3n) is 3.59. The van der Waals surface area contributed by atoms with Gasteiger partial charge in [0, 0.05) is 31.0 Å². The van der Waals surface area contributed by atoms with Crippen LogP contribution in [0.15, 0.2) is 18.5 Å². The van der Waals surface area contributed by atoms with Crippen LogP contribution in [0.1, 0.15) is 38.2 Å². The molecule has 2 aromatic rings. The number of nitrogens with one attached hydrogen (secondary N) is 1. The highest BCUT2D eigenvalue weighted by Gasteiger charge is 2.15. The number of hydrogen-bond donors (Lipinski definition) is 1. The lowest BCUT2D eigenvalue weighted by Gasteiger charge is -2.23. The van der Waals surface area contributed by atoms with Crippen molar-refractivity contribution in [1.29, 1.82) is 0 Å². The molecule has 3 rings (SSSR count). The fraction of sp³-hybridized carbons (Fsp3) is 0.571. The number of aromatic nitrogens is 3. The van der Waals surface area contributed by atoms with E-state index in [0.29, 0.717) is 12.0 Å². The van der Waals surface area contributed by atoms with E-state index in [1.807, 2.05) is 23.0 Å². The molecule has 19 heavy (non-hydrogen) atoms. The molecule has 0 aromatic carbocycles. The lowest BCUT2D eigenvalue weighted by Crippen LogP contribution is -2.28. The summed E-state index contributed by atoms with van der Waals surface area (Å²) in [6, 6.07) is 2.45. The Labute approximate surface area is 113 Å². The molecule has 5 heteroatoms. The van der Waals surface area contributed by atoms with E-state index in [2.05, 4.69) is 24.3 Å². The van der Waals surface area contributed by atoms with Gasteiger partial charge in [0.15, 0.2) is 5.65 Å². The van der Waals surface area contributed by atoms with Gasteiger partial charge in [-0.1, -0.05) is 13.8 Å². The van der Waals surface area contributed by atoms with Gasteiger partial charge in [0.25, 0.3) is 0 Å². The average molecular weight is 260 g/mol. The number of rotatable bonds is 3. The third kappa shape index (κ3) is 2.56. The van der Waals surface area contributed by atoms with Crippen LogP contribution in [-0.2, 0) is 4.74 Å². The van der Waals surface area contributed by atoms with Crippen molar-refractivity contribution in [2.45, 2.75) is 38.6 Å². The van der Waals surface area contributed by atoms with E-state index in [1.165, 1.54) is 5.56 Å². The molecule has 0 bridgehead atoms. The van der Waals surface area contributed by atoms with Crippen LogP contribution in [0.2, 0.25) is 0 Å². The van der Waals surface area contributed by atoms with E-state index in [4.69, 9.17) is 9.72 Å². The highest BCUT2D eigenvalue weighted by molar-refractivity contribution is 5.53. The summed E-state index contributed by atoms with van der Waals surface area (Å²) in [7, 11) is 0. The summed E-state index contributed by atoms with van der Waals surface area (Å²) in [5.41, 5.74) is 2.14. The van der Waals surface area contributed by atoms with Gasteiger partial charge in [-0.2, -0.15) is 5.10 Å². The molecule has 1 fully saturated rings. The molecule has 0 amide bonds. The molecular formula is C14H20N4O. The van der Waals surface area contributed by atoms with Gasteiger partial charge in [-0.25, -0.2) is 9.50 Å². The van der Waals surface area contributed by atoms with E-state index in [1.54, 1.807) is 0 Å². The second-order valence-electron chi connectivity index (χ2n) is 5.37. The summed E-state index contributed by atoms with van der Waals surface area (Å²) < 4.78 is 7.21. The predicted octanol–water partition coefficient (Wildman–Crippen LogP) is 2.44. The summed E-state index contributed by atoms with van der Waals surface area (Å²) in [6.45, 7) is 6.00. The fourth-order valence-corrected chi connectivity index (χ4v) is 2.43. The van der Waals surface area contributed by atoms with Crippen molar-refractivity contribution in [3.63, 3.8) is 0 Å². The Kier molecular flexibility index (Phi) is 3.38. The largest absolute Gasteiger partial charge is 0.381 e. The number of ether oxygens (including phenoxy) is 1. The van der Waals surface area contributed by atoms with Gasteiger partial charge < -0.3 is 10.1 Å². The minimum Gasteiger partial charge on any atom is -0.381 e. The van der Waals surface area contributed by atoms with Crippen molar-refractivity contribution in [2.75, 3.05) is 18.5 Å². The van der Waals surface area contributed by atoms with Gasteiger partial charge in [-0.3, -0.25) is 0 Å². The summed E-state index contributed by atoms with van der Waals surface area (Å²) >= 11 is 0. The summed E-state index contributed by atoms with van der Waals surface area (Å²) in [5.74, 6) is 1.37. The first-order valence-electron chi connectivity index (χ1n) is 6.92. The second kappa shape index (κ2) is 5.17. The monoisotopic (exact) mass is 260 g/mol. The molecule has 1 saturated heterocycles. The molecule has 1 N–H and O–H groups in total. The minimum absolute atomic E-state index is 0.434. The van der Waals surface area contributed by atoms with E-state index >= 15 is 0 Å². The van der Waals surface area contributed by atoms with E-state index in [-0.39, 0.29) is 0 Å². The van der Waals surface area contributed by atoms with Gasteiger partial charge in [-0.05, 0) is 24.8 Å². The summed E-state index contributed by atoms with van der Waals surface area (Å²) in [6.07, 6.45) is 5.97. The van der Waals surface area contributed by atoms with E-state index in [9.17, 15) is 0 Å². The highest BCUT2D eigenvalue weighted by Crippen LogP contribution is 2.20.